The third-order valence-electron chi connectivity index (χ3n) is 2.84. The molecule has 0 aliphatic heterocycles. The van der Waals surface area contributed by atoms with E-state index in [4.69, 9.17) is 11.6 Å². The molecule has 0 radical (unpaired) electrons. The van der Waals surface area contributed by atoms with Crippen LogP contribution in [0.4, 0.5) is 5.69 Å². The van der Waals surface area contributed by atoms with Gasteiger partial charge in [0.2, 0.25) is 10.0 Å². The first-order chi connectivity index (χ1) is 9.13. The van der Waals surface area contributed by atoms with Crippen molar-refractivity contribution in [2.24, 2.45) is 0 Å². The molecule has 4 nitrogen and oxygen atoms in total. The highest BCUT2D eigenvalue weighted by Crippen LogP contribution is 2.30. The summed E-state index contributed by atoms with van der Waals surface area (Å²) in [7, 11) is -3.46. The smallest absolute Gasteiger partial charge is 0.236 e. The molecule has 2 N–H and O–H groups in total. The Morgan fingerprint density at radius 3 is 2.45 bits per heavy atom. The van der Waals surface area contributed by atoms with Gasteiger partial charge in [0.15, 0.2) is 0 Å². The average molecular weight is 384 g/mol. The van der Waals surface area contributed by atoms with Gasteiger partial charge in [0.05, 0.1) is 10.9 Å². The molecule has 20 heavy (non-hydrogen) atoms. The lowest BCUT2D eigenvalue weighted by Gasteiger charge is -2.18. The van der Waals surface area contributed by atoms with Gasteiger partial charge in [0.25, 0.3) is 0 Å². The standard InChI is InChI=1S/C13H20BrClN2O2S/c1-8(2)16-7-10(4)20(18,19)17-13-6-12(15)9(3)5-11(13)14/h5-6,8,10,16-17H,7H2,1-4H3. The third-order valence-corrected chi connectivity index (χ3v) is 5.64. The van der Waals surface area contributed by atoms with Crippen molar-refractivity contribution in [2.45, 2.75) is 39.0 Å². The molecule has 0 saturated carbocycles. The molecule has 1 unspecified atom stereocenters. The molecule has 1 aromatic carbocycles. The van der Waals surface area contributed by atoms with Crippen LogP contribution in [0.5, 0.6) is 0 Å². The minimum absolute atomic E-state index is 0.244. The summed E-state index contributed by atoms with van der Waals surface area (Å²) in [6.07, 6.45) is 0. The Hall–Kier alpha value is -0.300. The molecule has 1 atom stereocenters. The molecule has 0 heterocycles. The van der Waals surface area contributed by atoms with Crippen LogP contribution in [0.1, 0.15) is 26.3 Å². The molecule has 0 fully saturated rings. The van der Waals surface area contributed by atoms with E-state index in [1.54, 1.807) is 19.1 Å². The molecular weight excluding hydrogens is 364 g/mol. The average Bonchev–Trinajstić information content (AvgIpc) is 2.32. The van der Waals surface area contributed by atoms with Crippen LogP contribution in [0.2, 0.25) is 5.02 Å². The minimum Gasteiger partial charge on any atom is -0.313 e. The number of sulfonamides is 1. The van der Waals surface area contributed by atoms with Gasteiger partial charge in [0, 0.05) is 22.1 Å². The quantitative estimate of drug-likeness (QED) is 0.790. The predicted octanol–water partition coefficient (Wildman–Crippen LogP) is 3.54. The summed E-state index contributed by atoms with van der Waals surface area (Å²) in [4.78, 5) is 0. The first kappa shape index (κ1) is 17.8. The number of benzene rings is 1. The molecule has 0 spiro atoms. The largest absolute Gasteiger partial charge is 0.313 e. The van der Waals surface area contributed by atoms with Gasteiger partial charge < -0.3 is 5.32 Å². The second-order valence-corrected chi connectivity index (χ2v) is 8.46. The maximum Gasteiger partial charge on any atom is 0.236 e. The van der Waals surface area contributed by atoms with E-state index in [0.717, 1.165) is 5.56 Å². The van der Waals surface area contributed by atoms with Gasteiger partial charge in [0.1, 0.15) is 0 Å². The van der Waals surface area contributed by atoms with Crippen LogP contribution in [0, 0.1) is 6.92 Å². The monoisotopic (exact) mass is 382 g/mol. The third kappa shape index (κ3) is 4.91. The normalized spacial score (nSPS) is 13.6. The van der Waals surface area contributed by atoms with E-state index < -0.39 is 15.3 Å². The van der Waals surface area contributed by atoms with Crippen molar-refractivity contribution in [1.82, 2.24) is 5.32 Å². The summed E-state index contributed by atoms with van der Waals surface area (Å²) in [6.45, 7) is 7.87. The van der Waals surface area contributed by atoms with E-state index in [2.05, 4.69) is 26.0 Å². The Morgan fingerprint density at radius 1 is 1.30 bits per heavy atom. The zero-order valence-corrected chi connectivity index (χ0v) is 15.2. The van der Waals surface area contributed by atoms with Crippen molar-refractivity contribution >= 4 is 43.2 Å². The first-order valence-electron chi connectivity index (χ1n) is 6.34. The summed E-state index contributed by atoms with van der Waals surface area (Å²) in [6, 6.07) is 3.64. The van der Waals surface area contributed by atoms with Crippen LogP contribution in [-0.2, 0) is 10.0 Å². The lowest BCUT2D eigenvalue weighted by atomic mass is 10.2. The fraction of sp³-hybridized carbons (Fsp3) is 0.538. The second-order valence-electron chi connectivity index (χ2n) is 5.10. The van der Waals surface area contributed by atoms with Crippen molar-refractivity contribution in [2.75, 3.05) is 11.3 Å². The maximum absolute atomic E-state index is 12.2. The van der Waals surface area contributed by atoms with Gasteiger partial charge in [-0.25, -0.2) is 8.42 Å². The number of halogens is 2. The lowest BCUT2D eigenvalue weighted by molar-refractivity contribution is 0.553. The fourth-order valence-corrected chi connectivity index (χ4v) is 3.33. The Morgan fingerprint density at radius 2 is 1.90 bits per heavy atom. The fourth-order valence-electron chi connectivity index (χ4n) is 1.49. The minimum atomic E-state index is -3.46. The maximum atomic E-state index is 12.2. The Kier molecular flexibility index (Phi) is 6.31. The molecule has 0 bridgehead atoms. The molecule has 0 aliphatic rings. The molecule has 7 heteroatoms. The number of aryl methyl sites for hydroxylation is 1. The van der Waals surface area contributed by atoms with E-state index in [1.165, 1.54) is 0 Å². The molecule has 1 aromatic rings. The molecule has 0 aromatic heterocycles. The SMILES string of the molecule is Cc1cc(Br)c(NS(=O)(=O)C(C)CNC(C)C)cc1Cl. The van der Waals surface area contributed by atoms with Crippen LogP contribution in [-0.4, -0.2) is 26.3 Å². The summed E-state index contributed by atoms with van der Waals surface area (Å²) in [5.41, 5.74) is 1.34. The first-order valence-corrected chi connectivity index (χ1v) is 9.06. The van der Waals surface area contributed by atoms with Crippen molar-refractivity contribution in [3.05, 3.63) is 27.2 Å². The van der Waals surface area contributed by atoms with Crippen molar-refractivity contribution in [3.8, 4) is 0 Å². The van der Waals surface area contributed by atoms with Crippen LogP contribution in [0.15, 0.2) is 16.6 Å². The van der Waals surface area contributed by atoms with Gasteiger partial charge in [-0.05, 0) is 47.5 Å². The van der Waals surface area contributed by atoms with E-state index in [-0.39, 0.29) is 6.04 Å². The highest BCUT2D eigenvalue weighted by molar-refractivity contribution is 9.10. The summed E-state index contributed by atoms with van der Waals surface area (Å²) < 4.78 is 27.7. The van der Waals surface area contributed by atoms with Gasteiger partial charge in [-0.2, -0.15) is 0 Å². The zero-order valence-electron chi connectivity index (χ0n) is 12.0. The Labute approximate surface area is 134 Å². The number of nitrogens with one attached hydrogen (secondary N) is 2. The number of rotatable bonds is 6. The van der Waals surface area contributed by atoms with Crippen LogP contribution in [0.25, 0.3) is 0 Å². The zero-order chi connectivity index (χ0) is 15.5. The Balaban J connectivity index is 2.88. The lowest BCUT2D eigenvalue weighted by Crippen LogP contribution is -2.37. The van der Waals surface area contributed by atoms with Crippen molar-refractivity contribution in [1.29, 1.82) is 0 Å². The number of hydrogen-bond donors (Lipinski definition) is 2. The topological polar surface area (TPSA) is 58.2 Å². The van der Waals surface area contributed by atoms with Gasteiger partial charge in [-0.15, -0.1) is 0 Å². The second kappa shape index (κ2) is 7.11. The highest BCUT2D eigenvalue weighted by atomic mass is 79.9. The van der Waals surface area contributed by atoms with Crippen molar-refractivity contribution in [3.63, 3.8) is 0 Å². The van der Waals surface area contributed by atoms with Crippen LogP contribution < -0.4 is 10.0 Å². The molecule has 0 amide bonds. The summed E-state index contributed by atoms with van der Waals surface area (Å²) >= 11 is 9.37. The molecule has 114 valence electrons. The van der Waals surface area contributed by atoms with Crippen molar-refractivity contribution < 1.29 is 8.42 Å². The molecule has 0 saturated heterocycles. The van der Waals surface area contributed by atoms with Crippen LogP contribution in [0.3, 0.4) is 0 Å². The van der Waals surface area contributed by atoms with Crippen LogP contribution >= 0.6 is 27.5 Å². The molecular formula is C13H20BrClN2O2S. The van der Waals surface area contributed by atoms with E-state index in [0.29, 0.717) is 21.7 Å². The number of hydrogen-bond acceptors (Lipinski definition) is 3. The van der Waals surface area contributed by atoms with Gasteiger partial charge in [-0.1, -0.05) is 25.4 Å². The Bertz CT molecular complexity index is 576. The molecule has 1 rings (SSSR count). The number of anilines is 1. The summed E-state index contributed by atoms with van der Waals surface area (Å²) in [5.74, 6) is 0. The summed E-state index contributed by atoms with van der Waals surface area (Å²) in [5, 5.41) is 3.10. The highest BCUT2D eigenvalue weighted by Gasteiger charge is 2.22. The van der Waals surface area contributed by atoms with E-state index in [1.807, 2.05) is 20.8 Å². The van der Waals surface area contributed by atoms with E-state index >= 15 is 0 Å². The van der Waals surface area contributed by atoms with Gasteiger partial charge >= 0.3 is 0 Å². The van der Waals surface area contributed by atoms with E-state index in [9.17, 15) is 8.42 Å². The predicted molar refractivity (Wildman–Crippen MR) is 89.0 cm³/mol. The molecule has 0 aliphatic carbocycles. The van der Waals surface area contributed by atoms with Gasteiger partial charge in [-0.3, -0.25) is 4.72 Å².